The largest absolute Gasteiger partial charge is 0.394 e. The second kappa shape index (κ2) is 6.33. The molecule has 7 heteroatoms. The number of hydrogen-bond acceptors (Lipinski definition) is 7. The van der Waals surface area contributed by atoms with Crippen molar-refractivity contribution in [1.82, 2.24) is 0 Å². The maximum absolute atomic E-state index is 9.44. The quantitative estimate of drug-likeness (QED) is 0.223. The molecule has 15 heavy (non-hydrogen) atoms. The van der Waals surface area contributed by atoms with Crippen LogP contribution < -0.4 is 0 Å². The van der Waals surface area contributed by atoms with E-state index >= 15 is 0 Å². The highest BCUT2D eigenvalue weighted by Gasteiger charge is 2.40. The Morgan fingerprint density at radius 3 is 2.53 bits per heavy atom. The van der Waals surface area contributed by atoms with Crippen LogP contribution in [0.15, 0.2) is 0 Å². The van der Waals surface area contributed by atoms with Crippen LogP contribution in [-0.4, -0.2) is 71.3 Å². The summed E-state index contributed by atoms with van der Waals surface area (Å²) in [5, 5.41) is 36.0. The van der Waals surface area contributed by atoms with Crippen molar-refractivity contribution >= 4 is 0 Å². The lowest BCUT2D eigenvalue weighted by Crippen LogP contribution is -2.42. The van der Waals surface area contributed by atoms with Gasteiger partial charge in [0.05, 0.1) is 19.8 Å². The number of aliphatic hydroxyl groups excluding tert-OH is 4. The molecule has 0 aliphatic carbocycles. The number of aliphatic hydroxyl groups is 4. The monoisotopic (exact) mass is 224 g/mol. The third-order valence-corrected chi connectivity index (χ3v) is 2.10. The molecule has 0 aromatic rings. The minimum absolute atomic E-state index is 0.00824. The van der Waals surface area contributed by atoms with Crippen LogP contribution in [0.1, 0.15) is 0 Å². The first-order valence-corrected chi connectivity index (χ1v) is 4.68. The summed E-state index contributed by atoms with van der Waals surface area (Å²) >= 11 is 0. The average Bonchev–Trinajstić information content (AvgIpc) is 2.56. The van der Waals surface area contributed by atoms with Gasteiger partial charge in [0, 0.05) is 0 Å². The van der Waals surface area contributed by atoms with Gasteiger partial charge in [-0.15, -0.1) is 0 Å². The molecule has 0 aromatic heterocycles. The van der Waals surface area contributed by atoms with Gasteiger partial charge in [-0.1, -0.05) is 0 Å². The van der Waals surface area contributed by atoms with E-state index in [1.54, 1.807) is 0 Å². The smallest absolute Gasteiger partial charge is 0.145 e. The Bertz CT molecular complexity index is 176. The summed E-state index contributed by atoms with van der Waals surface area (Å²) in [5.74, 6) is 0. The Hall–Kier alpha value is -0.280. The summed E-state index contributed by atoms with van der Waals surface area (Å²) < 4.78 is 5.03. The molecule has 0 aromatic carbocycles. The molecule has 4 atom stereocenters. The predicted octanol–water partition coefficient (Wildman–Crippen LogP) is -2.59. The van der Waals surface area contributed by atoms with Gasteiger partial charge in [-0.25, -0.2) is 9.78 Å². The van der Waals surface area contributed by atoms with E-state index < -0.39 is 31.0 Å². The summed E-state index contributed by atoms with van der Waals surface area (Å²) in [5.41, 5.74) is 0. The van der Waals surface area contributed by atoms with E-state index in [0.29, 0.717) is 0 Å². The molecule has 0 spiro atoms. The lowest BCUT2D eigenvalue weighted by Gasteiger charge is -2.22. The third kappa shape index (κ3) is 3.35. The number of rotatable bonds is 6. The highest BCUT2D eigenvalue weighted by atomic mass is 17.2. The van der Waals surface area contributed by atoms with Crippen LogP contribution in [0.3, 0.4) is 0 Å². The van der Waals surface area contributed by atoms with Gasteiger partial charge in [-0.3, -0.25) is 0 Å². The lowest BCUT2D eigenvalue weighted by atomic mass is 10.1. The van der Waals surface area contributed by atoms with Crippen molar-refractivity contribution < 1.29 is 34.9 Å². The molecule has 7 nitrogen and oxygen atoms in total. The van der Waals surface area contributed by atoms with Crippen LogP contribution in [0.2, 0.25) is 0 Å². The van der Waals surface area contributed by atoms with E-state index in [2.05, 4.69) is 4.89 Å². The second-order valence-corrected chi connectivity index (χ2v) is 3.22. The molecule has 0 bridgehead atoms. The summed E-state index contributed by atoms with van der Waals surface area (Å²) in [4.78, 5) is 9.28. The Morgan fingerprint density at radius 2 is 2.07 bits per heavy atom. The maximum atomic E-state index is 9.44. The number of hydrogen-bond donors (Lipinski definition) is 4. The molecule has 0 saturated carbocycles. The van der Waals surface area contributed by atoms with E-state index in [4.69, 9.17) is 19.8 Å². The van der Waals surface area contributed by atoms with Gasteiger partial charge in [-0.05, 0) is 0 Å². The third-order valence-electron chi connectivity index (χ3n) is 2.10. The van der Waals surface area contributed by atoms with Gasteiger partial charge in [0.15, 0.2) is 0 Å². The van der Waals surface area contributed by atoms with Crippen molar-refractivity contribution in [3.8, 4) is 0 Å². The topological polar surface area (TPSA) is 109 Å². The SMILES string of the molecule is OCCOO[C@H](CO)[C@H]1OC[C@H](O)[C@H]1O. The molecule has 1 saturated heterocycles. The zero-order chi connectivity index (χ0) is 11.3. The predicted molar refractivity (Wildman–Crippen MR) is 46.8 cm³/mol. The molecule has 0 unspecified atom stereocenters. The molecule has 1 rings (SSSR count). The van der Waals surface area contributed by atoms with Crippen LogP contribution in [0, 0.1) is 0 Å². The van der Waals surface area contributed by atoms with Crippen LogP contribution >= 0.6 is 0 Å². The van der Waals surface area contributed by atoms with Crippen molar-refractivity contribution in [3.05, 3.63) is 0 Å². The van der Waals surface area contributed by atoms with E-state index in [1.807, 2.05) is 0 Å². The first-order valence-electron chi connectivity index (χ1n) is 4.68. The summed E-state index contributed by atoms with van der Waals surface area (Å²) in [6.07, 6.45) is -3.81. The molecule has 90 valence electrons. The molecule has 1 heterocycles. The summed E-state index contributed by atoms with van der Waals surface area (Å²) in [7, 11) is 0. The first-order chi connectivity index (χ1) is 7.20. The molecule has 1 aliphatic rings. The fourth-order valence-corrected chi connectivity index (χ4v) is 1.31. The van der Waals surface area contributed by atoms with Crippen LogP contribution in [0.25, 0.3) is 0 Å². The van der Waals surface area contributed by atoms with Crippen molar-refractivity contribution in [2.24, 2.45) is 0 Å². The van der Waals surface area contributed by atoms with Gasteiger partial charge in [-0.2, -0.15) is 0 Å². The standard InChI is InChI=1S/C8H16O7/c9-1-2-14-15-6(3-10)8-7(12)5(11)4-13-8/h5-12H,1-4H2/t5-,6+,7+,8+/m0/s1. The maximum Gasteiger partial charge on any atom is 0.145 e. The Morgan fingerprint density at radius 1 is 1.33 bits per heavy atom. The Labute approximate surface area is 86.7 Å². The van der Waals surface area contributed by atoms with Crippen molar-refractivity contribution in [1.29, 1.82) is 0 Å². The van der Waals surface area contributed by atoms with E-state index in [0.717, 1.165) is 0 Å². The minimum atomic E-state index is -1.11. The molecule has 0 amide bonds. The van der Waals surface area contributed by atoms with E-state index in [9.17, 15) is 10.2 Å². The normalized spacial score (nSPS) is 33.2. The fourth-order valence-electron chi connectivity index (χ4n) is 1.31. The van der Waals surface area contributed by atoms with Crippen LogP contribution in [0.4, 0.5) is 0 Å². The highest BCUT2D eigenvalue weighted by Crippen LogP contribution is 2.19. The Kier molecular flexibility index (Phi) is 5.40. The summed E-state index contributed by atoms with van der Waals surface area (Å²) in [6, 6.07) is 0. The van der Waals surface area contributed by atoms with Crippen LogP contribution in [-0.2, 0) is 14.5 Å². The lowest BCUT2D eigenvalue weighted by molar-refractivity contribution is -0.348. The molecular formula is C8H16O7. The zero-order valence-corrected chi connectivity index (χ0v) is 8.15. The van der Waals surface area contributed by atoms with E-state index in [-0.39, 0.29) is 19.8 Å². The number of ether oxygens (including phenoxy) is 1. The molecule has 0 radical (unpaired) electrons. The van der Waals surface area contributed by atoms with Gasteiger partial charge >= 0.3 is 0 Å². The van der Waals surface area contributed by atoms with Crippen molar-refractivity contribution in [2.75, 3.05) is 26.4 Å². The first kappa shape index (κ1) is 12.8. The Balaban J connectivity index is 2.37. The van der Waals surface area contributed by atoms with Gasteiger partial charge < -0.3 is 25.2 Å². The minimum Gasteiger partial charge on any atom is -0.394 e. The van der Waals surface area contributed by atoms with Gasteiger partial charge in [0.25, 0.3) is 0 Å². The average molecular weight is 224 g/mol. The summed E-state index contributed by atoms with van der Waals surface area (Å²) in [6.45, 7) is -0.678. The molecular weight excluding hydrogens is 208 g/mol. The van der Waals surface area contributed by atoms with Gasteiger partial charge in [0.1, 0.15) is 31.0 Å². The fraction of sp³-hybridized carbons (Fsp3) is 1.00. The second-order valence-electron chi connectivity index (χ2n) is 3.22. The molecule has 1 aliphatic heterocycles. The van der Waals surface area contributed by atoms with Crippen molar-refractivity contribution in [2.45, 2.75) is 24.4 Å². The molecule has 1 fully saturated rings. The highest BCUT2D eigenvalue weighted by molar-refractivity contribution is 4.87. The zero-order valence-electron chi connectivity index (χ0n) is 8.15. The van der Waals surface area contributed by atoms with Crippen LogP contribution in [0.5, 0.6) is 0 Å². The molecule has 4 N–H and O–H groups in total. The van der Waals surface area contributed by atoms with E-state index in [1.165, 1.54) is 0 Å². The van der Waals surface area contributed by atoms with Crippen molar-refractivity contribution in [3.63, 3.8) is 0 Å². The van der Waals surface area contributed by atoms with Gasteiger partial charge in [0.2, 0.25) is 0 Å².